The maximum atomic E-state index is 10.7. The fourth-order valence-corrected chi connectivity index (χ4v) is 2.08. The molecule has 0 unspecified atom stereocenters. The van der Waals surface area contributed by atoms with Crippen molar-refractivity contribution in [2.24, 2.45) is 0 Å². The van der Waals surface area contributed by atoms with E-state index in [1.54, 1.807) is 24.3 Å². The molecule has 0 aliphatic carbocycles. The number of oxazole rings is 1. The van der Waals surface area contributed by atoms with Crippen LogP contribution in [0.5, 0.6) is 0 Å². The molecule has 0 fully saturated rings. The molecule has 2 aromatic rings. The smallest absolute Gasteiger partial charge is 0.335 e. The Kier molecular flexibility index (Phi) is 3.19. The van der Waals surface area contributed by atoms with Gasteiger partial charge in [-0.25, -0.2) is 9.78 Å². The number of carbonyl (C=O) groups is 1. The average Bonchev–Trinajstić information content (AvgIpc) is 2.58. The molecule has 88 valence electrons. The topological polar surface area (TPSA) is 63.3 Å². The molecule has 5 heteroatoms. The van der Waals surface area contributed by atoms with Gasteiger partial charge in [0.2, 0.25) is 0 Å². The maximum Gasteiger partial charge on any atom is 0.335 e. The highest BCUT2D eigenvalue weighted by atomic mass is 32.2. The number of hydrogen-bond acceptors (Lipinski definition) is 4. The molecule has 1 aromatic heterocycles. The first-order valence-corrected chi connectivity index (χ1v) is 5.83. The number of aromatic nitrogens is 1. The lowest BCUT2D eigenvalue weighted by Gasteiger charge is -1.97. The van der Waals surface area contributed by atoms with Crippen LogP contribution in [0.1, 0.15) is 21.8 Å². The minimum Gasteiger partial charge on any atom is -0.478 e. The fourth-order valence-electron chi connectivity index (χ4n) is 1.25. The first-order valence-electron chi connectivity index (χ1n) is 5.01. The van der Waals surface area contributed by atoms with E-state index >= 15 is 0 Å². The van der Waals surface area contributed by atoms with Crippen molar-refractivity contribution in [3.63, 3.8) is 0 Å². The molecule has 0 radical (unpaired) electrons. The molecular formula is C12H11NO3S. The molecule has 0 atom stereocenters. The number of aryl methyl sites for hydroxylation is 2. The predicted octanol–water partition coefficient (Wildman–Crippen LogP) is 3.14. The molecule has 0 bridgehead atoms. The molecule has 17 heavy (non-hydrogen) atoms. The van der Waals surface area contributed by atoms with Crippen LogP contribution in [0.4, 0.5) is 0 Å². The highest BCUT2D eigenvalue weighted by Crippen LogP contribution is 2.28. The number of nitrogens with zero attached hydrogens (tertiary/aromatic N) is 1. The monoisotopic (exact) mass is 249 g/mol. The zero-order valence-corrected chi connectivity index (χ0v) is 10.2. The Bertz CT molecular complexity index is 526. The van der Waals surface area contributed by atoms with Crippen molar-refractivity contribution < 1.29 is 14.3 Å². The fraction of sp³-hybridized carbons (Fsp3) is 0.167. The predicted molar refractivity (Wildman–Crippen MR) is 63.5 cm³/mol. The molecule has 0 saturated carbocycles. The summed E-state index contributed by atoms with van der Waals surface area (Å²) < 4.78 is 5.43. The van der Waals surface area contributed by atoms with Crippen LogP contribution < -0.4 is 0 Å². The quantitative estimate of drug-likeness (QED) is 0.905. The summed E-state index contributed by atoms with van der Waals surface area (Å²) in [7, 11) is 0. The second kappa shape index (κ2) is 4.63. The van der Waals surface area contributed by atoms with Crippen LogP contribution in [-0.2, 0) is 0 Å². The van der Waals surface area contributed by atoms with Gasteiger partial charge in [-0.3, -0.25) is 0 Å². The number of rotatable bonds is 3. The highest BCUT2D eigenvalue weighted by molar-refractivity contribution is 7.99. The Morgan fingerprint density at radius 2 is 1.94 bits per heavy atom. The molecule has 4 nitrogen and oxygen atoms in total. The van der Waals surface area contributed by atoms with Crippen molar-refractivity contribution in [3.8, 4) is 0 Å². The van der Waals surface area contributed by atoms with Gasteiger partial charge in [0.15, 0.2) is 0 Å². The lowest BCUT2D eigenvalue weighted by atomic mass is 10.2. The minimum absolute atomic E-state index is 0.272. The van der Waals surface area contributed by atoms with Gasteiger partial charge >= 0.3 is 5.97 Å². The van der Waals surface area contributed by atoms with Crippen LogP contribution in [0.25, 0.3) is 0 Å². The third kappa shape index (κ3) is 2.68. The zero-order valence-electron chi connectivity index (χ0n) is 9.43. The van der Waals surface area contributed by atoms with Gasteiger partial charge in [0.25, 0.3) is 5.22 Å². The SMILES string of the molecule is Cc1nc(Sc2ccc(C(=O)O)cc2)oc1C. The van der Waals surface area contributed by atoms with Crippen LogP contribution >= 0.6 is 11.8 Å². The number of benzene rings is 1. The second-order valence-corrected chi connectivity index (χ2v) is 4.58. The molecule has 1 N–H and O–H groups in total. The van der Waals surface area contributed by atoms with Gasteiger partial charge in [-0.05, 0) is 49.9 Å². The Labute approximate surface area is 103 Å². The van der Waals surface area contributed by atoms with Crippen molar-refractivity contribution in [2.75, 3.05) is 0 Å². The van der Waals surface area contributed by atoms with Gasteiger partial charge in [-0.15, -0.1) is 0 Å². The Morgan fingerprint density at radius 1 is 1.29 bits per heavy atom. The summed E-state index contributed by atoms with van der Waals surface area (Å²) >= 11 is 1.37. The normalized spacial score (nSPS) is 10.5. The van der Waals surface area contributed by atoms with Crippen molar-refractivity contribution in [2.45, 2.75) is 24.0 Å². The standard InChI is InChI=1S/C12H11NO3S/c1-7-8(2)16-12(13-7)17-10-5-3-9(4-6-10)11(14)15/h3-6H,1-2H3,(H,14,15). The van der Waals surface area contributed by atoms with Crippen LogP contribution in [-0.4, -0.2) is 16.1 Å². The Hall–Kier alpha value is -1.75. The molecule has 0 spiro atoms. The van der Waals surface area contributed by atoms with E-state index in [1.807, 2.05) is 13.8 Å². The van der Waals surface area contributed by atoms with Crippen molar-refractivity contribution in [1.82, 2.24) is 4.98 Å². The molecule has 0 aliphatic rings. The molecule has 2 rings (SSSR count). The van der Waals surface area contributed by atoms with E-state index in [0.29, 0.717) is 5.22 Å². The highest BCUT2D eigenvalue weighted by Gasteiger charge is 2.08. The number of carboxylic acids is 1. The third-order valence-corrected chi connectivity index (χ3v) is 3.17. The summed E-state index contributed by atoms with van der Waals surface area (Å²) in [5, 5.41) is 9.34. The molecule has 1 aromatic carbocycles. The van der Waals surface area contributed by atoms with Crippen molar-refractivity contribution >= 4 is 17.7 Å². The van der Waals surface area contributed by atoms with Crippen LogP contribution in [0, 0.1) is 13.8 Å². The average molecular weight is 249 g/mol. The molecular weight excluding hydrogens is 238 g/mol. The van der Waals surface area contributed by atoms with Crippen molar-refractivity contribution in [3.05, 3.63) is 41.3 Å². The van der Waals surface area contributed by atoms with Crippen molar-refractivity contribution in [1.29, 1.82) is 0 Å². The van der Waals surface area contributed by atoms with Crippen LogP contribution in [0.2, 0.25) is 0 Å². The number of hydrogen-bond donors (Lipinski definition) is 1. The van der Waals surface area contributed by atoms with Gasteiger partial charge in [0.05, 0.1) is 11.3 Å². The number of aromatic carboxylic acids is 1. The molecule has 0 saturated heterocycles. The van der Waals surface area contributed by atoms with Crippen LogP contribution in [0.3, 0.4) is 0 Å². The van der Waals surface area contributed by atoms with Gasteiger partial charge in [0.1, 0.15) is 5.76 Å². The van der Waals surface area contributed by atoms with E-state index in [2.05, 4.69) is 4.98 Å². The summed E-state index contributed by atoms with van der Waals surface area (Å²) in [5.41, 5.74) is 1.14. The summed E-state index contributed by atoms with van der Waals surface area (Å²) in [5.74, 6) is -0.126. The summed E-state index contributed by atoms with van der Waals surface area (Å²) in [4.78, 5) is 15.8. The molecule has 1 heterocycles. The summed E-state index contributed by atoms with van der Waals surface area (Å²) in [6, 6.07) is 6.60. The third-order valence-electron chi connectivity index (χ3n) is 2.32. The first-order chi connectivity index (χ1) is 8.06. The maximum absolute atomic E-state index is 10.7. The zero-order chi connectivity index (χ0) is 12.4. The van der Waals surface area contributed by atoms with Gasteiger partial charge in [-0.1, -0.05) is 0 Å². The summed E-state index contributed by atoms with van der Waals surface area (Å²) in [6.07, 6.45) is 0. The first kappa shape index (κ1) is 11.7. The Balaban J connectivity index is 2.16. The lowest BCUT2D eigenvalue weighted by Crippen LogP contribution is -1.94. The minimum atomic E-state index is -0.927. The Morgan fingerprint density at radius 3 is 2.41 bits per heavy atom. The lowest BCUT2D eigenvalue weighted by molar-refractivity contribution is 0.0697. The molecule has 0 amide bonds. The largest absolute Gasteiger partial charge is 0.478 e. The summed E-state index contributed by atoms with van der Waals surface area (Å²) in [6.45, 7) is 3.75. The van der Waals surface area contributed by atoms with E-state index in [1.165, 1.54) is 11.8 Å². The van der Waals surface area contributed by atoms with E-state index in [4.69, 9.17) is 9.52 Å². The second-order valence-electron chi connectivity index (χ2n) is 3.55. The van der Waals surface area contributed by atoms with E-state index in [0.717, 1.165) is 16.3 Å². The van der Waals surface area contributed by atoms with Gasteiger partial charge in [-0.2, -0.15) is 0 Å². The van der Waals surface area contributed by atoms with Crippen LogP contribution in [0.15, 0.2) is 38.8 Å². The van der Waals surface area contributed by atoms with E-state index in [9.17, 15) is 4.79 Å². The van der Waals surface area contributed by atoms with Gasteiger partial charge < -0.3 is 9.52 Å². The van der Waals surface area contributed by atoms with Gasteiger partial charge in [0, 0.05) is 4.90 Å². The van der Waals surface area contributed by atoms with E-state index < -0.39 is 5.97 Å². The number of carboxylic acid groups (broad SMARTS) is 1. The molecule has 0 aliphatic heterocycles. The van der Waals surface area contributed by atoms with E-state index in [-0.39, 0.29) is 5.56 Å².